The van der Waals surface area contributed by atoms with E-state index in [2.05, 4.69) is 44.9 Å². The molecule has 0 atom stereocenters. The average Bonchev–Trinajstić information content (AvgIpc) is 2.78. The number of fused-ring (bicyclic) bond motifs is 1. The number of alkyl halides is 1. The first kappa shape index (κ1) is 15.1. The van der Waals surface area contributed by atoms with Crippen LogP contribution >= 0.6 is 15.9 Å². The van der Waals surface area contributed by atoms with Crippen LogP contribution in [0.25, 0.3) is 10.9 Å². The molecule has 0 aliphatic rings. The van der Waals surface area contributed by atoms with Gasteiger partial charge < -0.3 is 9.67 Å². The summed E-state index contributed by atoms with van der Waals surface area (Å²) in [4.78, 5) is 10.6. The summed E-state index contributed by atoms with van der Waals surface area (Å²) in [5, 5.41) is 11.0. The summed E-state index contributed by atoms with van der Waals surface area (Å²) in [6, 6.07) is 8.38. The lowest BCUT2D eigenvalue weighted by atomic mass is 10.1. The molecule has 20 heavy (non-hydrogen) atoms. The topological polar surface area (TPSA) is 42.2 Å². The number of aryl methyl sites for hydroxylation is 2. The molecule has 0 spiro atoms. The Morgan fingerprint density at radius 1 is 1.20 bits per heavy atom. The van der Waals surface area contributed by atoms with E-state index in [1.165, 1.54) is 22.9 Å². The summed E-state index contributed by atoms with van der Waals surface area (Å²) in [6.45, 7) is 1.02. The molecule has 0 fully saturated rings. The van der Waals surface area contributed by atoms with Gasteiger partial charge in [-0.25, -0.2) is 0 Å². The second-order valence-corrected chi connectivity index (χ2v) is 5.80. The van der Waals surface area contributed by atoms with Gasteiger partial charge in [0.05, 0.1) is 0 Å². The molecule has 1 aromatic carbocycles. The summed E-state index contributed by atoms with van der Waals surface area (Å²) in [6.07, 6.45) is 6.28. The highest BCUT2D eigenvalue weighted by Crippen LogP contribution is 2.23. The van der Waals surface area contributed by atoms with Crippen LogP contribution in [-0.2, 0) is 17.8 Å². The van der Waals surface area contributed by atoms with Gasteiger partial charge in [0.2, 0.25) is 0 Å². The van der Waals surface area contributed by atoms with E-state index in [4.69, 9.17) is 5.11 Å². The van der Waals surface area contributed by atoms with Crippen molar-refractivity contribution in [3.05, 3.63) is 36.0 Å². The monoisotopic (exact) mass is 337 g/mol. The molecule has 2 rings (SSSR count). The number of hydrogen-bond acceptors (Lipinski definition) is 1. The molecule has 3 nitrogen and oxygen atoms in total. The van der Waals surface area contributed by atoms with Gasteiger partial charge in [0.1, 0.15) is 0 Å². The van der Waals surface area contributed by atoms with Crippen molar-refractivity contribution in [1.29, 1.82) is 0 Å². The van der Waals surface area contributed by atoms with E-state index in [9.17, 15) is 4.79 Å². The minimum absolute atomic E-state index is 0.239. The number of aromatic nitrogens is 1. The molecule has 0 unspecified atom stereocenters. The Balaban J connectivity index is 2.14. The van der Waals surface area contributed by atoms with Crippen LogP contribution in [-0.4, -0.2) is 21.0 Å². The van der Waals surface area contributed by atoms with Gasteiger partial charge in [-0.2, -0.15) is 0 Å². The molecule has 0 radical (unpaired) electrons. The fourth-order valence-corrected chi connectivity index (χ4v) is 2.91. The van der Waals surface area contributed by atoms with E-state index in [-0.39, 0.29) is 6.42 Å². The molecule has 4 heteroatoms. The number of nitrogens with zero attached hydrogens (tertiary/aromatic N) is 1. The standard InChI is InChI=1S/C16H20BrNO2/c17-10-3-4-11-18-12-13(6-5-9-16(19)20)14-7-1-2-8-15(14)18/h1-2,7-8,12H,3-6,9-11H2,(H,19,20). The lowest BCUT2D eigenvalue weighted by Gasteiger charge is -2.03. The number of unbranched alkanes of at least 4 members (excludes halogenated alkanes) is 1. The van der Waals surface area contributed by atoms with Crippen LogP contribution in [0.2, 0.25) is 0 Å². The zero-order valence-corrected chi connectivity index (χ0v) is 13.1. The van der Waals surface area contributed by atoms with E-state index in [1.54, 1.807) is 0 Å². The zero-order valence-electron chi connectivity index (χ0n) is 11.5. The Morgan fingerprint density at radius 3 is 2.75 bits per heavy atom. The van der Waals surface area contributed by atoms with Crippen LogP contribution in [0.5, 0.6) is 0 Å². The number of carbonyl (C=O) groups is 1. The molecule has 1 heterocycles. The van der Waals surface area contributed by atoms with Crippen molar-refractivity contribution in [2.24, 2.45) is 0 Å². The minimum Gasteiger partial charge on any atom is -0.481 e. The van der Waals surface area contributed by atoms with Crippen LogP contribution in [0, 0.1) is 0 Å². The van der Waals surface area contributed by atoms with Gasteiger partial charge in [-0.05, 0) is 37.3 Å². The molecule has 0 amide bonds. The number of aliphatic carboxylic acids is 1. The van der Waals surface area contributed by atoms with Gasteiger partial charge in [-0.3, -0.25) is 4.79 Å². The SMILES string of the molecule is O=C(O)CCCc1cn(CCCCBr)c2ccccc12. The Bertz CT molecular complexity index is 577. The first-order valence-electron chi connectivity index (χ1n) is 7.07. The summed E-state index contributed by atoms with van der Waals surface area (Å²) >= 11 is 3.46. The third-order valence-corrected chi connectivity index (χ3v) is 4.05. The molecule has 1 N–H and O–H groups in total. The highest BCUT2D eigenvalue weighted by atomic mass is 79.9. The average molecular weight is 338 g/mol. The minimum atomic E-state index is -0.717. The van der Waals surface area contributed by atoms with Crippen LogP contribution in [0.15, 0.2) is 30.5 Å². The van der Waals surface area contributed by atoms with Gasteiger partial charge in [-0.1, -0.05) is 34.1 Å². The number of benzene rings is 1. The summed E-state index contributed by atoms with van der Waals surface area (Å²) in [5.41, 5.74) is 2.52. The predicted octanol–water partition coefficient (Wildman–Crippen LogP) is 4.22. The normalized spacial score (nSPS) is 11.1. The molecule has 0 saturated heterocycles. The molecule has 0 bridgehead atoms. The third kappa shape index (κ3) is 3.85. The molecule has 108 valence electrons. The summed E-state index contributed by atoms with van der Waals surface area (Å²) in [5.74, 6) is -0.717. The van der Waals surface area contributed by atoms with Crippen molar-refractivity contribution in [1.82, 2.24) is 4.57 Å². The third-order valence-electron chi connectivity index (χ3n) is 3.49. The summed E-state index contributed by atoms with van der Waals surface area (Å²) in [7, 11) is 0. The largest absolute Gasteiger partial charge is 0.481 e. The second kappa shape index (κ2) is 7.48. The number of hydrogen-bond donors (Lipinski definition) is 1. The Labute approximate surface area is 127 Å². The molecule has 1 aromatic heterocycles. The van der Waals surface area contributed by atoms with Crippen molar-refractivity contribution in [3.8, 4) is 0 Å². The van der Waals surface area contributed by atoms with Crippen LogP contribution in [0.3, 0.4) is 0 Å². The van der Waals surface area contributed by atoms with Crippen molar-refractivity contribution in [2.75, 3.05) is 5.33 Å². The van der Waals surface area contributed by atoms with Crippen LogP contribution < -0.4 is 0 Å². The van der Waals surface area contributed by atoms with Gasteiger partial charge in [0.15, 0.2) is 0 Å². The summed E-state index contributed by atoms with van der Waals surface area (Å²) < 4.78 is 2.30. The molecule has 2 aromatic rings. The molecule has 0 saturated carbocycles. The highest BCUT2D eigenvalue weighted by Gasteiger charge is 2.08. The van der Waals surface area contributed by atoms with E-state index < -0.39 is 5.97 Å². The first-order chi connectivity index (χ1) is 9.72. The quantitative estimate of drug-likeness (QED) is 0.578. The van der Waals surface area contributed by atoms with E-state index in [0.29, 0.717) is 6.42 Å². The Kier molecular flexibility index (Phi) is 5.65. The lowest BCUT2D eigenvalue weighted by Crippen LogP contribution is -1.97. The van der Waals surface area contributed by atoms with Gasteiger partial charge in [0.25, 0.3) is 0 Å². The maximum Gasteiger partial charge on any atom is 0.303 e. The van der Waals surface area contributed by atoms with Gasteiger partial charge >= 0.3 is 5.97 Å². The fourth-order valence-electron chi connectivity index (χ4n) is 2.51. The van der Waals surface area contributed by atoms with E-state index >= 15 is 0 Å². The molecular formula is C16H20BrNO2. The number of rotatable bonds is 8. The second-order valence-electron chi connectivity index (χ2n) is 5.01. The molecule has 0 aliphatic heterocycles. The number of para-hydroxylation sites is 1. The number of carboxylic acid groups (broad SMARTS) is 1. The number of carboxylic acids is 1. The zero-order chi connectivity index (χ0) is 14.4. The molecule has 0 aliphatic carbocycles. The smallest absolute Gasteiger partial charge is 0.303 e. The van der Waals surface area contributed by atoms with Crippen LogP contribution in [0.1, 0.15) is 31.2 Å². The Hall–Kier alpha value is -1.29. The fraction of sp³-hybridized carbons (Fsp3) is 0.438. The van der Waals surface area contributed by atoms with Crippen LogP contribution in [0.4, 0.5) is 0 Å². The van der Waals surface area contributed by atoms with E-state index in [0.717, 1.165) is 24.7 Å². The molecular weight excluding hydrogens is 318 g/mol. The number of halogens is 1. The van der Waals surface area contributed by atoms with Gasteiger partial charge in [0, 0.05) is 35.4 Å². The van der Waals surface area contributed by atoms with E-state index in [1.807, 2.05) is 6.07 Å². The van der Waals surface area contributed by atoms with Gasteiger partial charge in [-0.15, -0.1) is 0 Å². The van der Waals surface area contributed by atoms with Crippen molar-refractivity contribution < 1.29 is 9.90 Å². The van der Waals surface area contributed by atoms with Crippen molar-refractivity contribution >= 4 is 32.8 Å². The first-order valence-corrected chi connectivity index (χ1v) is 8.19. The maximum absolute atomic E-state index is 10.6. The maximum atomic E-state index is 10.6. The van der Waals surface area contributed by atoms with Crippen molar-refractivity contribution in [3.63, 3.8) is 0 Å². The predicted molar refractivity (Wildman–Crippen MR) is 85.5 cm³/mol. The lowest BCUT2D eigenvalue weighted by molar-refractivity contribution is -0.137. The highest BCUT2D eigenvalue weighted by molar-refractivity contribution is 9.09. The van der Waals surface area contributed by atoms with Crippen molar-refractivity contribution in [2.45, 2.75) is 38.6 Å². The Morgan fingerprint density at radius 2 is 2.00 bits per heavy atom.